The van der Waals surface area contributed by atoms with Gasteiger partial charge in [-0.3, -0.25) is 0 Å². The van der Waals surface area contributed by atoms with Crippen LogP contribution in [0.2, 0.25) is 0 Å². The Balaban J connectivity index is 1.98. The topological polar surface area (TPSA) is 59.0 Å². The van der Waals surface area contributed by atoms with Crippen LogP contribution in [-0.4, -0.2) is 11.8 Å². The average Bonchev–Trinajstić information content (AvgIpc) is 2.83. The van der Waals surface area contributed by atoms with E-state index in [2.05, 4.69) is 37.2 Å². The van der Waals surface area contributed by atoms with Crippen LogP contribution in [0.25, 0.3) is 0 Å². The Kier molecular flexibility index (Phi) is 5.21. The molecule has 0 amide bonds. The van der Waals surface area contributed by atoms with Crippen molar-refractivity contribution in [2.75, 3.05) is 6.61 Å². The summed E-state index contributed by atoms with van der Waals surface area (Å²) in [6.45, 7) is 8.50. The molecule has 1 aromatic carbocycles. The second kappa shape index (κ2) is 7.13. The molecule has 116 valence electrons. The third-order valence-corrected chi connectivity index (χ3v) is 3.79. The smallest absolute Gasteiger partial charge is 0.138 e. The third-order valence-electron chi connectivity index (χ3n) is 3.79. The molecule has 1 heterocycles. The number of hydrogen-bond donors (Lipinski definition) is 0. The molecule has 0 saturated carbocycles. The molecule has 4 nitrogen and oxygen atoms in total. The first-order valence-electron chi connectivity index (χ1n) is 7.58. The van der Waals surface area contributed by atoms with Crippen LogP contribution in [0.3, 0.4) is 0 Å². The van der Waals surface area contributed by atoms with Crippen molar-refractivity contribution in [3.8, 4) is 11.8 Å². The molecule has 0 saturated heterocycles. The minimum absolute atomic E-state index is 0.250. The summed E-state index contributed by atoms with van der Waals surface area (Å²) in [5.74, 6) is 1.78. The molecule has 1 aromatic heterocycles. The molecule has 0 aliphatic carbocycles. The number of aromatic nitrogens is 1. The maximum Gasteiger partial charge on any atom is 0.138 e. The predicted octanol–water partition coefficient (Wildman–Crippen LogP) is 4.49. The Morgan fingerprint density at radius 1 is 1.32 bits per heavy atom. The Morgan fingerprint density at radius 2 is 2.09 bits per heavy atom. The van der Waals surface area contributed by atoms with Gasteiger partial charge in [-0.25, -0.2) is 0 Å². The fraction of sp³-hybridized carbons (Fsp3) is 0.444. The van der Waals surface area contributed by atoms with E-state index in [0.717, 1.165) is 17.0 Å². The summed E-state index contributed by atoms with van der Waals surface area (Å²) in [5.41, 5.74) is 2.92. The summed E-state index contributed by atoms with van der Waals surface area (Å²) < 4.78 is 10.9. The van der Waals surface area contributed by atoms with Gasteiger partial charge < -0.3 is 9.26 Å². The highest BCUT2D eigenvalue weighted by Crippen LogP contribution is 2.26. The number of hydrogen-bond acceptors (Lipinski definition) is 4. The van der Waals surface area contributed by atoms with E-state index in [-0.39, 0.29) is 5.92 Å². The highest BCUT2D eigenvalue weighted by molar-refractivity contribution is 5.31. The van der Waals surface area contributed by atoms with Gasteiger partial charge >= 0.3 is 0 Å². The molecule has 1 unspecified atom stereocenters. The van der Waals surface area contributed by atoms with Gasteiger partial charge in [0.25, 0.3) is 0 Å². The summed E-state index contributed by atoms with van der Waals surface area (Å²) in [7, 11) is 0. The molecule has 1 atom stereocenters. The van der Waals surface area contributed by atoms with E-state index in [1.165, 1.54) is 5.56 Å². The first-order valence-corrected chi connectivity index (χ1v) is 7.58. The van der Waals surface area contributed by atoms with E-state index in [9.17, 15) is 5.26 Å². The van der Waals surface area contributed by atoms with Gasteiger partial charge in [-0.2, -0.15) is 5.26 Å². The lowest BCUT2D eigenvalue weighted by atomic mass is 9.96. The summed E-state index contributed by atoms with van der Waals surface area (Å²) in [5, 5.41) is 13.3. The van der Waals surface area contributed by atoms with Gasteiger partial charge in [0.15, 0.2) is 0 Å². The van der Waals surface area contributed by atoms with Crippen molar-refractivity contribution in [3.63, 3.8) is 0 Å². The molecule has 22 heavy (non-hydrogen) atoms. The first kappa shape index (κ1) is 16.1. The van der Waals surface area contributed by atoms with E-state index in [4.69, 9.17) is 9.26 Å². The molecule has 4 heteroatoms. The maximum absolute atomic E-state index is 9.39. The second-order valence-corrected chi connectivity index (χ2v) is 5.78. The van der Waals surface area contributed by atoms with Gasteiger partial charge in [-0.15, -0.1) is 0 Å². The summed E-state index contributed by atoms with van der Waals surface area (Å²) >= 11 is 0. The van der Waals surface area contributed by atoms with Crippen molar-refractivity contribution in [1.82, 2.24) is 5.16 Å². The normalized spacial score (nSPS) is 12.2. The zero-order valence-corrected chi connectivity index (χ0v) is 13.6. The molecule has 0 aliphatic rings. The number of nitrogens with zero attached hydrogens (tertiary/aromatic N) is 2. The SMILES string of the molecule is Cc1noc(C)c1C(C#N)CCOc1cccc(C(C)C)c1. The van der Waals surface area contributed by atoms with E-state index < -0.39 is 0 Å². The van der Waals surface area contributed by atoms with Crippen molar-refractivity contribution in [2.24, 2.45) is 0 Å². The standard InChI is InChI=1S/C18H22N2O2/c1-12(2)15-6-5-7-17(10-15)21-9-8-16(11-19)18-13(3)20-22-14(18)4/h5-7,10,12,16H,8-9H2,1-4H3. The van der Waals surface area contributed by atoms with Crippen LogP contribution >= 0.6 is 0 Å². The van der Waals surface area contributed by atoms with Crippen molar-refractivity contribution in [1.29, 1.82) is 5.26 Å². The van der Waals surface area contributed by atoms with E-state index in [1.807, 2.05) is 26.0 Å². The summed E-state index contributed by atoms with van der Waals surface area (Å²) in [6, 6.07) is 10.4. The van der Waals surface area contributed by atoms with Crippen LogP contribution in [0, 0.1) is 25.2 Å². The van der Waals surface area contributed by atoms with Crippen molar-refractivity contribution >= 4 is 0 Å². The van der Waals surface area contributed by atoms with Gasteiger partial charge in [-0.1, -0.05) is 31.1 Å². The van der Waals surface area contributed by atoms with Crippen molar-refractivity contribution in [2.45, 2.75) is 46.0 Å². The number of aryl methyl sites for hydroxylation is 2. The molecule has 0 radical (unpaired) electrons. The van der Waals surface area contributed by atoms with E-state index in [1.54, 1.807) is 0 Å². The molecule has 0 N–H and O–H groups in total. The molecule has 0 bridgehead atoms. The van der Waals surface area contributed by atoms with Gasteiger partial charge in [-0.05, 0) is 37.5 Å². The molecule has 2 rings (SSSR count). The van der Waals surface area contributed by atoms with Crippen molar-refractivity contribution in [3.05, 3.63) is 46.8 Å². The highest BCUT2D eigenvalue weighted by Gasteiger charge is 2.20. The molecule has 0 spiro atoms. The third kappa shape index (κ3) is 3.67. The summed E-state index contributed by atoms with van der Waals surface area (Å²) in [4.78, 5) is 0. The quantitative estimate of drug-likeness (QED) is 0.788. The lowest BCUT2D eigenvalue weighted by Crippen LogP contribution is -2.06. The zero-order chi connectivity index (χ0) is 16.1. The number of rotatable bonds is 6. The fourth-order valence-electron chi connectivity index (χ4n) is 2.52. The monoisotopic (exact) mass is 298 g/mol. The van der Waals surface area contributed by atoms with E-state index in [0.29, 0.717) is 24.7 Å². The largest absolute Gasteiger partial charge is 0.494 e. The first-order chi connectivity index (χ1) is 10.5. The maximum atomic E-state index is 9.39. The second-order valence-electron chi connectivity index (χ2n) is 5.78. The van der Waals surface area contributed by atoms with Crippen LogP contribution < -0.4 is 4.74 Å². The van der Waals surface area contributed by atoms with Crippen molar-refractivity contribution < 1.29 is 9.26 Å². The number of nitriles is 1. The Hall–Kier alpha value is -2.28. The Bertz CT molecular complexity index is 648. The molecule has 0 aliphatic heterocycles. The van der Waals surface area contributed by atoms with Gasteiger partial charge in [0.05, 0.1) is 24.3 Å². The predicted molar refractivity (Wildman–Crippen MR) is 85.0 cm³/mol. The molecular formula is C18H22N2O2. The molecule has 0 fully saturated rings. The van der Waals surface area contributed by atoms with Crippen LogP contribution in [0.5, 0.6) is 5.75 Å². The van der Waals surface area contributed by atoms with Crippen LogP contribution in [0.4, 0.5) is 0 Å². The van der Waals surface area contributed by atoms with E-state index >= 15 is 0 Å². The average molecular weight is 298 g/mol. The fourth-order valence-corrected chi connectivity index (χ4v) is 2.52. The molecule has 2 aromatic rings. The van der Waals surface area contributed by atoms with Gasteiger partial charge in [0, 0.05) is 12.0 Å². The minimum atomic E-state index is -0.250. The lowest BCUT2D eigenvalue weighted by Gasteiger charge is -2.12. The number of ether oxygens (including phenoxy) is 1. The Labute approximate surface area is 131 Å². The van der Waals surface area contributed by atoms with Gasteiger partial charge in [0.1, 0.15) is 11.5 Å². The van der Waals surface area contributed by atoms with Crippen LogP contribution in [0.15, 0.2) is 28.8 Å². The van der Waals surface area contributed by atoms with Crippen LogP contribution in [0.1, 0.15) is 54.7 Å². The lowest BCUT2D eigenvalue weighted by molar-refractivity contribution is 0.305. The Morgan fingerprint density at radius 3 is 2.68 bits per heavy atom. The highest BCUT2D eigenvalue weighted by atomic mass is 16.5. The summed E-state index contributed by atoms with van der Waals surface area (Å²) in [6.07, 6.45) is 0.616. The molecular weight excluding hydrogens is 276 g/mol. The minimum Gasteiger partial charge on any atom is -0.494 e. The zero-order valence-electron chi connectivity index (χ0n) is 13.6. The van der Waals surface area contributed by atoms with Gasteiger partial charge in [0.2, 0.25) is 0 Å². The number of benzene rings is 1. The van der Waals surface area contributed by atoms with Crippen LogP contribution in [-0.2, 0) is 0 Å².